The maximum atomic E-state index is 9.91. The average Bonchev–Trinajstić information content (AvgIpc) is 2.35. The second-order valence-electron chi connectivity index (χ2n) is 5.98. The van der Waals surface area contributed by atoms with E-state index >= 15 is 0 Å². The van der Waals surface area contributed by atoms with Crippen LogP contribution < -0.4 is 0 Å². The van der Waals surface area contributed by atoms with Gasteiger partial charge in [-0.05, 0) is 27.9 Å². The van der Waals surface area contributed by atoms with Crippen LogP contribution in [0.25, 0.3) is 0 Å². The summed E-state index contributed by atoms with van der Waals surface area (Å²) in [4.78, 5) is 7.05. The van der Waals surface area contributed by atoms with E-state index in [9.17, 15) is 5.11 Å². The Morgan fingerprint density at radius 3 is 2.21 bits per heavy atom. The average molecular weight is 273 g/mol. The first-order valence-electron chi connectivity index (χ1n) is 7.36. The van der Waals surface area contributed by atoms with E-state index in [1.807, 2.05) is 13.8 Å². The van der Waals surface area contributed by atoms with Gasteiger partial charge in [-0.15, -0.1) is 0 Å². The standard InChI is InChI=1S/C14H31N3O2/c1-13(2)19-12-14(18)11-17-9-7-16(8-10-17)6-5-15(3)4/h13-14,18H,5-12H2,1-4H3. The molecule has 1 aliphatic heterocycles. The minimum atomic E-state index is -0.365. The molecule has 5 nitrogen and oxygen atoms in total. The van der Waals surface area contributed by atoms with Gasteiger partial charge in [0.2, 0.25) is 0 Å². The number of ether oxygens (including phenoxy) is 1. The number of rotatable bonds is 8. The molecule has 1 rings (SSSR count). The first-order chi connectivity index (χ1) is 8.97. The number of hydrogen-bond donors (Lipinski definition) is 1. The summed E-state index contributed by atoms with van der Waals surface area (Å²) in [6, 6.07) is 0. The summed E-state index contributed by atoms with van der Waals surface area (Å²) in [6.45, 7) is 11.7. The maximum Gasteiger partial charge on any atom is 0.0900 e. The molecule has 1 heterocycles. The predicted molar refractivity (Wildman–Crippen MR) is 78.5 cm³/mol. The van der Waals surface area contributed by atoms with Crippen LogP contribution >= 0.6 is 0 Å². The number of aliphatic hydroxyl groups is 1. The summed E-state index contributed by atoms with van der Waals surface area (Å²) in [7, 11) is 4.22. The molecule has 1 saturated heterocycles. The van der Waals surface area contributed by atoms with Crippen molar-refractivity contribution in [1.82, 2.24) is 14.7 Å². The predicted octanol–water partition coefficient (Wildman–Crippen LogP) is -0.0485. The van der Waals surface area contributed by atoms with Crippen molar-refractivity contribution in [3.63, 3.8) is 0 Å². The third-order valence-electron chi connectivity index (χ3n) is 3.42. The first kappa shape index (κ1) is 16.9. The normalized spacial score (nSPS) is 20.4. The second kappa shape index (κ2) is 8.87. The molecule has 5 heteroatoms. The Morgan fingerprint density at radius 1 is 1.11 bits per heavy atom. The molecule has 0 aliphatic carbocycles. The second-order valence-corrected chi connectivity index (χ2v) is 5.98. The third kappa shape index (κ3) is 7.84. The fraction of sp³-hybridized carbons (Fsp3) is 1.00. The fourth-order valence-electron chi connectivity index (χ4n) is 2.19. The molecular weight excluding hydrogens is 242 g/mol. The van der Waals surface area contributed by atoms with Crippen LogP contribution in [0, 0.1) is 0 Å². The molecule has 0 bridgehead atoms. The number of piperazine rings is 1. The van der Waals surface area contributed by atoms with E-state index in [4.69, 9.17) is 4.74 Å². The molecule has 1 fully saturated rings. The Morgan fingerprint density at radius 2 is 1.68 bits per heavy atom. The molecule has 1 unspecified atom stereocenters. The molecular formula is C14H31N3O2. The summed E-state index contributed by atoms with van der Waals surface area (Å²) in [5.74, 6) is 0. The Hall–Kier alpha value is -0.200. The molecule has 1 aliphatic rings. The molecule has 0 aromatic carbocycles. The number of likely N-dealkylation sites (N-methyl/N-ethyl adjacent to an activating group) is 1. The Bertz CT molecular complexity index is 229. The fourth-order valence-corrected chi connectivity index (χ4v) is 2.19. The minimum absolute atomic E-state index is 0.192. The van der Waals surface area contributed by atoms with Crippen molar-refractivity contribution >= 4 is 0 Å². The highest BCUT2D eigenvalue weighted by molar-refractivity contribution is 4.74. The SMILES string of the molecule is CC(C)OCC(O)CN1CCN(CCN(C)C)CC1. The lowest BCUT2D eigenvalue weighted by Gasteiger charge is -2.36. The van der Waals surface area contributed by atoms with Gasteiger partial charge in [-0.1, -0.05) is 0 Å². The van der Waals surface area contributed by atoms with Crippen molar-refractivity contribution < 1.29 is 9.84 Å². The van der Waals surface area contributed by atoms with Crippen LogP contribution in [0.15, 0.2) is 0 Å². The summed E-state index contributed by atoms with van der Waals surface area (Å²) >= 11 is 0. The van der Waals surface area contributed by atoms with Crippen molar-refractivity contribution in [3.8, 4) is 0 Å². The third-order valence-corrected chi connectivity index (χ3v) is 3.42. The quantitative estimate of drug-likeness (QED) is 0.671. The molecule has 0 aromatic heterocycles. The van der Waals surface area contributed by atoms with Gasteiger partial charge in [0.15, 0.2) is 0 Å². The van der Waals surface area contributed by atoms with Gasteiger partial charge in [0.1, 0.15) is 0 Å². The topological polar surface area (TPSA) is 39.2 Å². The number of hydrogen-bond acceptors (Lipinski definition) is 5. The molecule has 0 amide bonds. The lowest BCUT2D eigenvalue weighted by molar-refractivity contribution is -0.0146. The lowest BCUT2D eigenvalue weighted by atomic mass is 10.2. The monoisotopic (exact) mass is 273 g/mol. The van der Waals surface area contributed by atoms with E-state index in [0.29, 0.717) is 6.61 Å². The molecule has 0 aromatic rings. The molecule has 0 saturated carbocycles. The van der Waals surface area contributed by atoms with Crippen LogP contribution in [-0.2, 0) is 4.74 Å². The van der Waals surface area contributed by atoms with Gasteiger partial charge < -0.3 is 14.7 Å². The van der Waals surface area contributed by atoms with Crippen LogP contribution in [0.2, 0.25) is 0 Å². The highest BCUT2D eigenvalue weighted by Crippen LogP contribution is 2.03. The van der Waals surface area contributed by atoms with E-state index in [-0.39, 0.29) is 12.2 Å². The molecule has 19 heavy (non-hydrogen) atoms. The van der Waals surface area contributed by atoms with Crippen LogP contribution in [0.1, 0.15) is 13.8 Å². The van der Waals surface area contributed by atoms with Gasteiger partial charge in [-0.2, -0.15) is 0 Å². The zero-order chi connectivity index (χ0) is 14.3. The van der Waals surface area contributed by atoms with E-state index < -0.39 is 0 Å². The van der Waals surface area contributed by atoms with Crippen LogP contribution in [0.4, 0.5) is 0 Å². The van der Waals surface area contributed by atoms with Crippen molar-refractivity contribution in [3.05, 3.63) is 0 Å². The highest BCUT2D eigenvalue weighted by Gasteiger charge is 2.19. The zero-order valence-corrected chi connectivity index (χ0v) is 13.0. The van der Waals surface area contributed by atoms with Crippen molar-refractivity contribution in [1.29, 1.82) is 0 Å². The van der Waals surface area contributed by atoms with Gasteiger partial charge >= 0.3 is 0 Å². The molecule has 1 atom stereocenters. The number of β-amino-alcohol motifs (C(OH)–C–C–N with tert-alkyl or cyclic N) is 1. The van der Waals surface area contributed by atoms with E-state index in [0.717, 1.165) is 45.8 Å². The van der Waals surface area contributed by atoms with Gasteiger partial charge in [-0.3, -0.25) is 9.80 Å². The largest absolute Gasteiger partial charge is 0.389 e. The number of aliphatic hydroxyl groups excluding tert-OH is 1. The Balaban J connectivity index is 2.12. The van der Waals surface area contributed by atoms with Gasteiger partial charge in [-0.25, -0.2) is 0 Å². The van der Waals surface area contributed by atoms with Gasteiger partial charge in [0.25, 0.3) is 0 Å². The summed E-state index contributed by atoms with van der Waals surface area (Å²) < 4.78 is 5.44. The minimum Gasteiger partial charge on any atom is -0.389 e. The summed E-state index contributed by atoms with van der Waals surface area (Å²) in [5, 5.41) is 9.91. The van der Waals surface area contributed by atoms with Crippen molar-refractivity contribution in [2.75, 3.05) is 66.5 Å². The van der Waals surface area contributed by atoms with Crippen LogP contribution in [-0.4, -0.2) is 98.5 Å². The molecule has 0 radical (unpaired) electrons. The maximum absolute atomic E-state index is 9.91. The van der Waals surface area contributed by atoms with Crippen molar-refractivity contribution in [2.45, 2.75) is 26.1 Å². The Labute approximate surface area is 118 Å². The number of nitrogens with zero attached hydrogens (tertiary/aromatic N) is 3. The first-order valence-corrected chi connectivity index (χ1v) is 7.36. The van der Waals surface area contributed by atoms with Crippen LogP contribution in [0.3, 0.4) is 0 Å². The molecule has 0 spiro atoms. The van der Waals surface area contributed by atoms with Crippen LogP contribution in [0.5, 0.6) is 0 Å². The molecule has 1 N–H and O–H groups in total. The summed E-state index contributed by atoms with van der Waals surface area (Å²) in [5.41, 5.74) is 0. The summed E-state index contributed by atoms with van der Waals surface area (Å²) in [6.07, 6.45) is -0.173. The Kier molecular flexibility index (Phi) is 7.87. The highest BCUT2D eigenvalue weighted by atomic mass is 16.5. The van der Waals surface area contributed by atoms with E-state index in [2.05, 4.69) is 28.8 Å². The van der Waals surface area contributed by atoms with Gasteiger partial charge in [0, 0.05) is 45.8 Å². The molecule has 114 valence electrons. The smallest absolute Gasteiger partial charge is 0.0900 e. The lowest BCUT2D eigenvalue weighted by Crippen LogP contribution is -2.50. The van der Waals surface area contributed by atoms with E-state index in [1.165, 1.54) is 0 Å². The van der Waals surface area contributed by atoms with E-state index in [1.54, 1.807) is 0 Å². The van der Waals surface area contributed by atoms with Gasteiger partial charge in [0.05, 0.1) is 18.8 Å². The zero-order valence-electron chi connectivity index (χ0n) is 13.0. The van der Waals surface area contributed by atoms with Crippen molar-refractivity contribution in [2.24, 2.45) is 0 Å².